The number of likely N-dealkylation sites (N-methyl/N-ethyl adjacent to an activating group) is 1. The standard InChI is InChI=1S/C14H28N2O/c1-13(2)11-16(10-9-15(13)3)12-14(17)7-5-4-6-8-14/h17H,4-12H2,1-3H3. The lowest BCUT2D eigenvalue weighted by Gasteiger charge is -2.48. The number of aliphatic hydroxyl groups is 1. The maximum Gasteiger partial charge on any atom is 0.0774 e. The van der Waals surface area contributed by atoms with Gasteiger partial charge in [0.15, 0.2) is 0 Å². The van der Waals surface area contributed by atoms with Crippen LogP contribution in [0.4, 0.5) is 0 Å². The molecular formula is C14H28N2O. The Bertz CT molecular complexity index is 259. The first-order valence-electron chi connectivity index (χ1n) is 7.07. The first-order chi connectivity index (χ1) is 7.91. The molecule has 0 atom stereocenters. The van der Waals surface area contributed by atoms with E-state index in [0.717, 1.165) is 39.0 Å². The molecule has 1 saturated carbocycles. The van der Waals surface area contributed by atoms with Crippen LogP contribution >= 0.6 is 0 Å². The molecule has 0 radical (unpaired) electrons. The predicted octanol–water partition coefficient (Wildman–Crippen LogP) is 1.71. The number of rotatable bonds is 2. The molecule has 100 valence electrons. The third-order valence-electron chi connectivity index (χ3n) is 4.70. The normalized spacial score (nSPS) is 30.4. The van der Waals surface area contributed by atoms with Gasteiger partial charge in [0.1, 0.15) is 0 Å². The summed E-state index contributed by atoms with van der Waals surface area (Å²) in [7, 11) is 2.20. The molecular weight excluding hydrogens is 212 g/mol. The van der Waals surface area contributed by atoms with Gasteiger partial charge in [-0.05, 0) is 33.7 Å². The van der Waals surface area contributed by atoms with Crippen LogP contribution in [0, 0.1) is 0 Å². The lowest BCUT2D eigenvalue weighted by Crippen LogP contribution is -2.60. The average molecular weight is 240 g/mol. The first-order valence-corrected chi connectivity index (χ1v) is 7.07. The Morgan fingerprint density at radius 2 is 1.71 bits per heavy atom. The van der Waals surface area contributed by atoms with Gasteiger partial charge >= 0.3 is 0 Å². The van der Waals surface area contributed by atoms with Gasteiger partial charge in [-0.1, -0.05) is 19.3 Å². The molecule has 1 heterocycles. The number of β-amino-alcohol motifs (C(OH)–C–C–N with tert-alkyl or cyclic N) is 1. The van der Waals surface area contributed by atoms with Crippen LogP contribution < -0.4 is 0 Å². The molecule has 0 aromatic rings. The summed E-state index contributed by atoms with van der Waals surface area (Å²) in [5, 5.41) is 10.6. The van der Waals surface area contributed by atoms with Crippen LogP contribution in [0.3, 0.4) is 0 Å². The van der Waals surface area contributed by atoms with E-state index < -0.39 is 5.60 Å². The summed E-state index contributed by atoms with van der Waals surface area (Å²) < 4.78 is 0. The fourth-order valence-corrected chi connectivity index (χ4v) is 3.26. The van der Waals surface area contributed by atoms with Gasteiger partial charge < -0.3 is 5.11 Å². The van der Waals surface area contributed by atoms with E-state index in [1.807, 2.05) is 0 Å². The summed E-state index contributed by atoms with van der Waals surface area (Å²) >= 11 is 0. The van der Waals surface area contributed by atoms with Crippen molar-refractivity contribution in [1.82, 2.24) is 9.80 Å². The second-order valence-electron chi connectivity index (χ2n) is 6.73. The largest absolute Gasteiger partial charge is 0.389 e. The fraction of sp³-hybridized carbons (Fsp3) is 1.00. The molecule has 2 aliphatic rings. The number of piperazine rings is 1. The van der Waals surface area contributed by atoms with Gasteiger partial charge in [-0.3, -0.25) is 9.80 Å². The van der Waals surface area contributed by atoms with Gasteiger partial charge in [0.2, 0.25) is 0 Å². The summed E-state index contributed by atoms with van der Waals surface area (Å²) in [6.07, 6.45) is 5.71. The molecule has 1 saturated heterocycles. The summed E-state index contributed by atoms with van der Waals surface area (Å²) in [5.74, 6) is 0. The van der Waals surface area contributed by atoms with Gasteiger partial charge in [0.05, 0.1) is 5.60 Å². The third-order valence-corrected chi connectivity index (χ3v) is 4.70. The summed E-state index contributed by atoms with van der Waals surface area (Å²) in [6.45, 7) is 8.76. The molecule has 2 fully saturated rings. The average Bonchev–Trinajstić information content (AvgIpc) is 2.24. The van der Waals surface area contributed by atoms with E-state index in [1.54, 1.807) is 0 Å². The molecule has 0 amide bonds. The highest BCUT2D eigenvalue weighted by atomic mass is 16.3. The van der Waals surface area contributed by atoms with Crippen LogP contribution in [0.1, 0.15) is 46.0 Å². The fourth-order valence-electron chi connectivity index (χ4n) is 3.26. The minimum absolute atomic E-state index is 0.239. The Hall–Kier alpha value is -0.120. The molecule has 3 heteroatoms. The lowest BCUT2D eigenvalue weighted by molar-refractivity contribution is -0.0524. The second kappa shape index (κ2) is 4.87. The van der Waals surface area contributed by atoms with Gasteiger partial charge in [-0.2, -0.15) is 0 Å². The van der Waals surface area contributed by atoms with Gasteiger partial charge in [-0.25, -0.2) is 0 Å². The second-order valence-corrected chi connectivity index (χ2v) is 6.73. The third kappa shape index (κ3) is 3.21. The molecule has 17 heavy (non-hydrogen) atoms. The van der Waals surface area contributed by atoms with Crippen LogP contribution in [0.15, 0.2) is 0 Å². The van der Waals surface area contributed by atoms with Gasteiger partial charge in [-0.15, -0.1) is 0 Å². The number of hydrogen-bond donors (Lipinski definition) is 1. The number of hydrogen-bond acceptors (Lipinski definition) is 3. The van der Waals surface area contributed by atoms with E-state index in [0.29, 0.717) is 0 Å². The Kier molecular flexibility index (Phi) is 3.81. The predicted molar refractivity (Wildman–Crippen MR) is 71.2 cm³/mol. The Labute approximate surface area is 106 Å². The Morgan fingerprint density at radius 3 is 2.29 bits per heavy atom. The maximum absolute atomic E-state index is 10.6. The monoisotopic (exact) mass is 240 g/mol. The Morgan fingerprint density at radius 1 is 1.06 bits per heavy atom. The van der Waals surface area contributed by atoms with Crippen LogP contribution in [-0.4, -0.2) is 59.3 Å². The zero-order chi connectivity index (χ0) is 12.5. The molecule has 1 N–H and O–H groups in total. The van der Waals surface area contributed by atoms with Crippen LogP contribution in [-0.2, 0) is 0 Å². The van der Waals surface area contributed by atoms with E-state index in [4.69, 9.17) is 0 Å². The minimum atomic E-state index is -0.399. The van der Waals surface area contributed by atoms with E-state index in [1.165, 1.54) is 19.3 Å². The van der Waals surface area contributed by atoms with Crippen molar-refractivity contribution in [3.8, 4) is 0 Å². The van der Waals surface area contributed by atoms with Crippen LogP contribution in [0.2, 0.25) is 0 Å². The molecule has 0 aromatic carbocycles. The van der Waals surface area contributed by atoms with E-state index >= 15 is 0 Å². The van der Waals surface area contributed by atoms with Crippen molar-refractivity contribution in [2.75, 3.05) is 33.2 Å². The van der Waals surface area contributed by atoms with Crippen molar-refractivity contribution in [3.63, 3.8) is 0 Å². The summed E-state index contributed by atoms with van der Waals surface area (Å²) in [4.78, 5) is 4.89. The SMILES string of the molecule is CN1CCN(CC2(O)CCCCC2)CC1(C)C. The van der Waals surface area contributed by atoms with Crippen molar-refractivity contribution in [1.29, 1.82) is 0 Å². The smallest absolute Gasteiger partial charge is 0.0774 e. The molecule has 0 unspecified atom stereocenters. The Balaban J connectivity index is 1.91. The molecule has 2 rings (SSSR count). The van der Waals surface area contributed by atoms with Crippen molar-refractivity contribution in [2.24, 2.45) is 0 Å². The molecule has 1 aliphatic carbocycles. The highest BCUT2D eigenvalue weighted by molar-refractivity contribution is 4.92. The minimum Gasteiger partial charge on any atom is -0.389 e. The van der Waals surface area contributed by atoms with Crippen molar-refractivity contribution in [2.45, 2.75) is 57.1 Å². The highest BCUT2D eigenvalue weighted by Crippen LogP contribution is 2.30. The highest BCUT2D eigenvalue weighted by Gasteiger charge is 2.36. The van der Waals surface area contributed by atoms with Gasteiger partial charge in [0, 0.05) is 31.7 Å². The maximum atomic E-state index is 10.6. The van der Waals surface area contributed by atoms with Gasteiger partial charge in [0.25, 0.3) is 0 Å². The number of nitrogens with zero attached hydrogens (tertiary/aromatic N) is 2. The van der Waals surface area contributed by atoms with Crippen LogP contribution in [0.5, 0.6) is 0 Å². The van der Waals surface area contributed by atoms with Crippen LogP contribution in [0.25, 0.3) is 0 Å². The zero-order valence-corrected chi connectivity index (χ0v) is 11.7. The van der Waals surface area contributed by atoms with E-state index in [2.05, 4.69) is 30.7 Å². The topological polar surface area (TPSA) is 26.7 Å². The summed E-state index contributed by atoms with van der Waals surface area (Å²) in [5.41, 5.74) is -0.159. The molecule has 0 bridgehead atoms. The molecule has 0 spiro atoms. The van der Waals surface area contributed by atoms with Crippen molar-refractivity contribution in [3.05, 3.63) is 0 Å². The van der Waals surface area contributed by atoms with Crippen molar-refractivity contribution < 1.29 is 5.11 Å². The zero-order valence-electron chi connectivity index (χ0n) is 11.7. The molecule has 0 aromatic heterocycles. The van der Waals surface area contributed by atoms with E-state index in [-0.39, 0.29) is 5.54 Å². The summed E-state index contributed by atoms with van der Waals surface area (Å²) in [6, 6.07) is 0. The van der Waals surface area contributed by atoms with E-state index in [9.17, 15) is 5.11 Å². The first kappa shape index (κ1) is 13.3. The van der Waals surface area contributed by atoms with Crippen molar-refractivity contribution >= 4 is 0 Å². The quantitative estimate of drug-likeness (QED) is 0.796. The lowest BCUT2D eigenvalue weighted by atomic mass is 9.84. The molecule has 1 aliphatic heterocycles. The molecule has 3 nitrogen and oxygen atoms in total.